The molecule has 0 fully saturated rings. The minimum atomic E-state index is -0.455. The number of carbonyl (C=O) groups is 1. The normalized spacial score (nSPS) is 10.6. The van der Waals surface area contributed by atoms with Crippen molar-refractivity contribution in [2.75, 3.05) is 17.7 Å². The Balaban J connectivity index is 1.49. The minimum Gasteiger partial charge on any atom is -0.465 e. The van der Waals surface area contributed by atoms with Crippen LogP contribution in [0.3, 0.4) is 0 Å². The standard InChI is InChI=1S/C23H18BrFN4O2S2/c1-31-22(30)17-11-19(15-5-3-2-4-6-15)33-21(17)27-23(32)26-20-18(24)13-29(28-20)12-14-7-9-16(25)10-8-14/h2-11,13H,12H2,1H3,(H2,26,27,28,32). The lowest BCUT2D eigenvalue weighted by atomic mass is 10.1. The van der Waals surface area contributed by atoms with E-state index in [-0.39, 0.29) is 10.9 Å². The first-order valence-corrected chi connectivity index (χ1v) is 11.8. The van der Waals surface area contributed by atoms with Gasteiger partial charge in [0.25, 0.3) is 0 Å². The second kappa shape index (κ2) is 10.2. The fourth-order valence-corrected chi connectivity index (χ4v) is 4.81. The molecule has 2 N–H and O–H groups in total. The highest BCUT2D eigenvalue weighted by Crippen LogP contribution is 2.36. The average Bonchev–Trinajstić information content (AvgIpc) is 3.38. The number of ether oxygens (including phenoxy) is 1. The number of rotatable bonds is 6. The highest BCUT2D eigenvalue weighted by molar-refractivity contribution is 9.10. The van der Waals surface area contributed by atoms with Crippen molar-refractivity contribution < 1.29 is 13.9 Å². The molecule has 2 aromatic carbocycles. The van der Waals surface area contributed by atoms with Crippen LogP contribution in [0.15, 0.2) is 71.3 Å². The van der Waals surface area contributed by atoms with Crippen molar-refractivity contribution in [1.82, 2.24) is 9.78 Å². The summed E-state index contributed by atoms with van der Waals surface area (Å²) in [6.45, 7) is 0.471. The van der Waals surface area contributed by atoms with Crippen LogP contribution in [0.25, 0.3) is 10.4 Å². The number of carbonyl (C=O) groups excluding carboxylic acids is 1. The third-order valence-corrected chi connectivity index (χ3v) is 6.51. The summed E-state index contributed by atoms with van der Waals surface area (Å²) in [6, 6.07) is 17.8. The number of nitrogens with one attached hydrogen (secondary N) is 2. The molecule has 33 heavy (non-hydrogen) atoms. The van der Waals surface area contributed by atoms with E-state index in [2.05, 4.69) is 31.7 Å². The van der Waals surface area contributed by atoms with Gasteiger partial charge in [-0.3, -0.25) is 4.68 Å². The summed E-state index contributed by atoms with van der Waals surface area (Å²) in [5.41, 5.74) is 2.29. The molecule has 0 unspecified atom stereocenters. The largest absolute Gasteiger partial charge is 0.465 e. The van der Waals surface area contributed by atoms with Crippen molar-refractivity contribution in [1.29, 1.82) is 0 Å². The first-order valence-electron chi connectivity index (χ1n) is 9.76. The van der Waals surface area contributed by atoms with E-state index in [0.29, 0.717) is 27.4 Å². The number of thiocarbonyl (C=S) groups is 1. The van der Waals surface area contributed by atoms with Crippen LogP contribution >= 0.6 is 39.5 Å². The first kappa shape index (κ1) is 23.1. The summed E-state index contributed by atoms with van der Waals surface area (Å²) in [5.74, 6) is -0.230. The smallest absolute Gasteiger partial charge is 0.340 e. The molecule has 0 radical (unpaired) electrons. The number of hydrogen-bond acceptors (Lipinski definition) is 5. The van der Waals surface area contributed by atoms with E-state index >= 15 is 0 Å². The van der Waals surface area contributed by atoms with Gasteiger partial charge in [0, 0.05) is 11.1 Å². The Labute approximate surface area is 207 Å². The number of thiophene rings is 1. The van der Waals surface area contributed by atoms with Crippen LogP contribution in [-0.2, 0) is 11.3 Å². The monoisotopic (exact) mass is 544 g/mol. The summed E-state index contributed by atoms with van der Waals surface area (Å²) in [4.78, 5) is 13.2. The lowest BCUT2D eigenvalue weighted by molar-refractivity contribution is 0.0602. The third kappa shape index (κ3) is 5.65. The molecule has 0 amide bonds. The van der Waals surface area contributed by atoms with Gasteiger partial charge in [-0.25, -0.2) is 9.18 Å². The van der Waals surface area contributed by atoms with E-state index in [0.717, 1.165) is 16.0 Å². The second-order valence-corrected chi connectivity index (χ2v) is 9.25. The van der Waals surface area contributed by atoms with Gasteiger partial charge in [0.15, 0.2) is 10.9 Å². The van der Waals surface area contributed by atoms with Gasteiger partial charge in [0.05, 0.1) is 23.7 Å². The molecule has 4 aromatic rings. The molecule has 0 bridgehead atoms. The zero-order valence-corrected chi connectivity index (χ0v) is 20.6. The fraction of sp³-hybridized carbons (Fsp3) is 0.0870. The Morgan fingerprint density at radius 3 is 2.61 bits per heavy atom. The zero-order chi connectivity index (χ0) is 23.4. The van der Waals surface area contributed by atoms with Crippen molar-refractivity contribution >= 4 is 61.4 Å². The van der Waals surface area contributed by atoms with Gasteiger partial charge in [-0.1, -0.05) is 42.5 Å². The Morgan fingerprint density at radius 1 is 1.18 bits per heavy atom. The number of hydrogen-bond donors (Lipinski definition) is 2. The number of nitrogens with zero attached hydrogens (tertiary/aromatic N) is 2. The Morgan fingerprint density at radius 2 is 1.91 bits per heavy atom. The molecule has 0 aliphatic carbocycles. The highest BCUT2D eigenvalue weighted by Gasteiger charge is 2.19. The zero-order valence-electron chi connectivity index (χ0n) is 17.3. The molecular weight excluding hydrogens is 527 g/mol. The summed E-state index contributed by atoms with van der Waals surface area (Å²) in [5, 5.41) is 11.5. The van der Waals surface area contributed by atoms with Gasteiger partial charge in [-0.15, -0.1) is 11.3 Å². The summed E-state index contributed by atoms with van der Waals surface area (Å²) in [7, 11) is 1.34. The molecule has 2 heterocycles. The van der Waals surface area contributed by atoms with Crippen molar-refractivity contribution in [3.8, 4) is 10.4 Å². The van der Waals surface area contributed by atoms with Crippen LogP contribution in [0.4, 0.5) is 15.2 Å². The number of esters is 1. The SMILES string of the molecule is COC(=O)c1cc(-c2ccccc2)sc1NC(=S)Nc1nn(Cc2ccc(F)cc2)cc1Br. The van der Waals surface area contributed by atoms with Crippen LogP contribution in [0.2, 0.25) is 0 Å². The van der Waals surface area contributed by atoms with Crippen molar-refractivity contribution in [2.45, 2.75) is 6.54 Å². The topological polar surface area (TPSA) is 68.2 Å². The van der Waals surface area contributed by atoms with E-state index in [4.69, 9.17) is 17.0 Å². The van der Waals surface area contributed by atoms with Gasteiger partial charge in [-0.05, 0) is 57.5 Å². The molecule has 0 atom stereocenters. The Kier molecular flexibility index (Phi) is 7.17. The Hall–Kier alpha value is -3.08. The molecule has 4 rings (SSSR count). The van der Waals surface area contributed by atoms with Crippen molar-refractivity contribution in [3.63, 3.8) is 0 Å². The average molecular weight is 545 g/mol. The van der Waals surface area contributed by atoms with Gasteiger partial charge >= 0.3 is 5.97 Å². The molecule has 0 aliphatic rings. The lowest BCUT2D eigenvalue weighted by Gasteiger charge is -2.09. The maximum absolute atomic E-state index is 13.1. The molecule has 6 nitrogen and oxygen atoms in total. The first-order chi connectivity index (χ1) is 15.9. The van der Waals surface area contributed by atoms with E-state index in [1.54, 1.807) is 29.1 Å². The number of halogens is 2. The summed E-state index contributed by atoms with van der Waals surface area (Å²) in [6.07, 6.45) is 1.80. The number of benzene rings is 2. The maximum Gasteiger partial charge on any atom is 0.340 e. The second-order valence-electron chi connectivity index (χ2n) is 6.94. The third-order valence-electron chi connectivity index (χ3n) is 4.63. The van der Waals surface area contributed by atoms with Crippen LogP contribution in [-0.4, -0.2) is 28.0 Å². The van der Waals surface area contributed by atoms with Gasteiger partial charge in [-0.2, -0.15) is 5.10 Å². The molecule has 0 aliphatic heterocycles. The van der Waals surface area contributed by atoms with Crippen molar-refractivity contribution in [2.24, 2.45) is 0 Å². The molecule has 2 aromatic heterocycles. The van der Waals surface area contributed by atoms with E-state index < -0.39 is 5.97 Å². The predicted molar refractivity (Wildman–Crippen MR) is 136 cm³/mol. The predicted octanol–water partition coefficient (Wildman–Crippen LogP) is 6.16. The molecule has 10 heteroatoms. The Bertz CT molecular complexity index is 1290. The van der Waals surface area contributed by atoms with Gasteiger partial charge in [0.2, 0.25) is 0 Å². The fourth-order valence-electron chi connectivity index (χ4n) is 3.07. The molecule has 0 saturated heterocycles. The molecule has 168 valence electrons. The molecule has 0 spiro atoms. The van der Waals surface area contributed by atoms with Crippen LogP contribution < -0.4 is 10.6 Å². The summed E-state index contributed by atoms with van der Waals surface area (Å²) < 4.78 is 20.5. The van der Waals surface area contributed by atoms with Crippen LogP contribution in [0.5, 0.6) is 0 Å². The van der Waals surface area contributed by atoms with Gasteiger partial charge in [0.1, 0.15) is 10.8 Å². The van der Waals surface area contributed by atoms with E-state index in [1.807, 2.05) is 30.3 Å². The number of aromatic nitrogens is 2. The molecular formula is C23H18BrFN4O2S2. The minimum absolute atomic E-state index is 0.273. The van der Waals surface area contributed by atoms with Crippen LogP contribution in [0.1, 0.15) is 15.9 Å². The number of methoxy groups -OCH3 is 1. The summed E-state index contributed by atoms with van der Waals surface area (Å²) >= 11 is 10.3. The maximum atomic E-state index is 13.1. The number of anilines is 2. The highest BCUT2D eigenvalue weighted by atomic mass is 79.9. The quantitative estimate of drug-likeness (QED) is 0.224. The molecule has 0 saturated carbocycles. The van der Waals surface area contributed by atoms with Gasteiger partial charge < -0.3 is 15.4 Å². The van der Waals surface area contributed by atoms with Crippen LogP contribution in [0, 0.1) is 5.82 Å². The van der Waals surface area contributed by atoms with E-state index in [1.165, 1.54) is 30.6 Å². The van der Waals surface area contributed by atoms with E-state index in [9.17, 15) is 9.18 Å². The van der Waals surface area contributed by atoms with Crippen molar-refractivity contribution in [3.05, 3.63) is 88.3 Å². The lowest BCUT2D eigenvalue weighted by Crippen LogP contribution is -2.20.